The molecule has 5 nitrogen and oxygen atoms in total. The molecular weight excluding hydrogens is 262 g/mol. The number of hydrogen-bond acceptors (Lipinski definition) is 6. The first-order chi connectivity index (χ1) is 9.19. The maximum atomic E-state index is 11.2. The molecule has 0 spiro atoms. The first kappa shape index (κ1) is 13.4. The number of carbonyl (C=O) groups excluding carboxylic acids is 1. The van der Waals surface area contributed by atoms with Gasteiger partial charge in [0.2, 0.25) is 0 Å². The van der Waals surface area contributed by atoms with Crippen molar-refractivity contribution in [3.63, 3.8) is 0 Å². The molecule has 0 unspecified atom stereocenters. The van der Waals surface area contributed by atoms with Crippen molar-refractivity contribution in [1.82, 2.24) is 9.97 Å². The number of nitrogen functional groups attached to an aromatic ring is 1. The van der Waals surface area contributed by atoms with Crippen molar-refractivity contribution in [1.29, 1.82) is 0 Å². The van der Waals surface area contributed by atoms with Crippen LogP contribution in [0.2, 0.25) is 0 Å². The number of ether oxygens (including phenoxy) is 1. The average Bonchev–Trinajstić information content (AvgIpc) is 2.46. The number of nitrogens with two attached hydrogens (primary N) is 1. The van der Waals surface area contributed by atoms with Crippen LogP contribution in [0.3, 0.4) is 0 Å². The van der Waals surface area contributed by atoms with E-state index >= 15 is 0 Å². The lowest BCUT2D eigenvalue weighted by Crippen LogP contribution is -2.02. The van der Waals surface area contributed by atoms with Gasteiger partial charge in [0.15, 0.2) is 0 Å². The Labute approximate surface area is 115 Å². The van der Waals surface area contributed by atoms with Crippen LogP contribution in [0, 0.1) is 0 Å². The number of hydrogen-bond donors (Lipinski definition) is 1. The molecule has 0 aliphatic carbocycles. The van der Waals surface area contributed by atoms with Gasteiger partial charge in [-0.15, -0.1) is 11.8 Å². The summed E-state index contributed by atoms with van der Waals surface area (Å²) < 4.78 is 4.61. The number of carbonyl (C=O) groups is 1. The Hall–Kier alpha value is -2.08. The normalized spacial score (nSPS) is 10.2. The van der Waals surface area contributed by atoms with Crippen molar-refractivity contribution in [3.8, 4) is 0 Å². The van der Waals surface area contributed by atoms with Crippen molar-refractivity contribution in [3.05, 3.63) is 47.9 Å². The maximum absolute atomic E-state index is 11.2. The van der Waals surface area contributed by atoms with E-state index in [2.05, 4.69) is 14.7 Å². The molecule has 98 valence electrons. The summed E-state index contributed by atoms with van der Waals surface area (Å²) in [7, 11) is 1.35. The van der Waals surface area contributed by atoms with Gasteiger partial charge in [-0.25, -0.2) is 9.78 Å². The van der Waals surface area contributed by atoms with Gasteiger partial charge in [-0.2, -0.15) is 0 Å². The lowest BCUT2D eigenvalue weighted by atomic mass is 10.2. The molecule has 2 rings (SSSR count). The summed E-state index contributed by atoms with van der Waals surface area (Å²) >= 11 is 1.61. The highest BCUT2D eigenvalue weighted by molar-refractivity contribution is 7.98. The smallest absolute Gasteiger partial charge is 0.339 e. The van der Waals surface area contributed by atoms with Gasteiger partial charge in [0.1, 0.15) is 5.82 Å². The summed E-state index contributed by atoms with van der Waals surface area (Å²) in [4.78, 5) is 20.5. The summed E-state index contributed by atoms with van der Waals surface area (Å²) in [6.07, 6.45) is 3.24. The van der Waals surface area contributed by atoms with E-state index in [1.807, 2.05) is 12.1 Å². The molecule has 19 heavy (non-hydrogen) atoms. The fraction of sp³-hybridized carbons (Fsp3) is 0.154. The Morgan fingerprint density at radius 1 is 1.26 bits per heavy atom. The maximum Gasteiger partial charge on any atom is 0.339 e. The van der Waals surface area contributed by atoms with Crippen LogP contribution in [0.4, 0.5) is 5.82 Å². The monoisotopic (exact) mass is 275 g/mol. The highest BCUT2D eigenvalue weighted by atomic mass is 32.2. The van der Waals surface area contributed by atoms with Crippen LogP contribution in [-0.4, -0.2) is 23.0 Å². The number of nitrogens with zero attached hydrogens (tertiary/aromatic N) is 2. The predicted molar refractivity (Wildman–Crippen MR) is 73.8 cm³/mol. The van der Waals surface area contributed by atoms with Crippen molar-refractivity contribution < 1.29 is 9.53 Å². The Morgan fingerprint density at radius 3 is 2.68 bits per heavy atom. The number of methoxy groups -OCH3 is 1. The second-order valence-electron chi connectivity index (χ2n) is 3.74. The predicted octanol–water partition coefficient (Wildman–Crippen LogP) is 2.14. The van der Waals surface area contributed by atoms with Crippen LogP contribution in [0.15, 0.2) is 41.6 Å². The van der Waals surface area contributed by atoms with E-state index in [0.29, 0.717) is 17.1 Å². The van der Waals surface area contributed by atoms with Gasteiger partial charge in [-0.1, -0.05) is 0 Å². The van der Waals surface area contributed by atoms with Gasteiger partial charge >= 0.3 is 5.97 Å². The van der Waals surface area contributed by atoms with E-state index in [0.717, 1.165) is 10.6 Å². The van der Waals surface area contributed by atoms with Crippen molar-refractivity contribution in [2.75, 3.05) is 12.8 Å². The van der Waals surface area contributed by atoms with Gasteiger partial charge in [0.05, 0.1) is 18.4 Å². The third-order valence-electron chi connectivity index (χ3n) is 2.39. The number of thioether (sulfide) groups is 1. The minimum atomic E-state index is -0.380. The Bertz CT molecular complexity index is 555. The summed E-state index contributed by atoms with van der Waals surface area (Å²) in [5.41, 5.74) is 6.85. The SMILES string of the molecule is COC(=O)c1ccc(CSc2ccc(N)nc2)nc1. The van der Waals surface area contributed by atoms with Gasteiger partial charge in [0.25, 0.3) is 0 Å². The zero-order chi connectivity index (χ0) is 13.7. The second kappa shape index (κ2) is 6.19. The van der Waals surface area contributed by atoms with E-state index in [-0.39, 0.29) is 5.97 Å². The molecule has 0 aliphatic heterocycles. The molecule has 0 bridgehead atoms. The molecule has 0 fully saturated rings. The van der Waals surface area contributed by atoms with E-state index in [9.17, 15) is 4.79 Å². The largest absolute Gasteiger partial charge is 0.465 e. The van der Waals surface area contributed by atoms with Gasteiger partial charge in [0, 0.05) is 23.0 Å². The molecule has 0 atom stereocenters. The topological polar surface area (TPSA) is 78.1 Å². The quantitative estimate of drug-likeness (QED) is 0.680. The molecule has 2 N–H and O–H groups in total. The molecule has 0 radical (unpaired) electrons. The summed E-state index contributed by atoms with van der Waals surface area (Å²) in [5.74, 6) is 0.826. The van der Waals surface area contributed by atoms with Crippen LogP contribution < -0.4 is 5.73 Å². The second-order valence-corrected chi connectivity index (χ2v) is 4.79. The molecule has 6 heteroatoms. The van der Waals surface area contributed by atoms with Crippen LogP contribution in [-0.2, 0) is 10.5 Å². The van der Waals surface area contributed by atoms with Gasteiger partial charge in [-0.3, -0.25) is 4.98 Å². The van der Waals surface area contributed by atoms with Crippen LogP contribution in [0.25, 0.3) is 0 Å². The lowest BCUT2D eigenvalue weighted by molar-refractivity contribution is 0.0600. The fourth-order valence-electron chi connectivity index (χ4n) is 1.38. The Balaban J connectivity index is 1.96. The van der Waals surface area contributed by atoms with Gasteiger partial charge in [-0.05, 0) is 24.3 Å². The summed E-state index contributed by atoms with van der Waals surface area (Å²) in [5, 5.41) is 0. The minimum absolute atomic E-state index is 0.380. The zero-order valence-electron chi connectivity index (χ0n) is 10.4. The third kappa shape index (κ3) is 3.69. The average molecular weight is 275 g/mol. The minimum Gasteiger partial charge on any atom is -0.465 e. The third-order valence-corrected chi connectivity index (χ3v) is 3.41. The van der Waals surface area contributed by atoms with E-state index in [1.165, 1.54) is 13.3 Å². The number of aromatic nitrogens is 2. The highest BCUT2D eigenvalue weighted by Crippen LogP contribution is 2.21. The molecule has 0 saturated carbocycles. The zero-order valence-corrected chi connectivity index (χ0v) is 11.2. The molecular formula is C13H13N3O2S. The van der Waals surface area contributed by atoms with E-state index < -0.39 is 0 Å². The Morgan fingerprint density at radius 2 is 2.11 bits per heavy atom. The first-order valence-corrected chi connectivity index (χ1v) is 6.55. The van der Waals surface area contributed by atoms with E-state index in [4.69, 9.17) is 5.73 Å². The molecule has 2 aromatic heterocycles. The van der Waals surface area contributed by atoms with Gasteiger partial charge < -0.3 is 10.5 Å². The lowest BCUT2D eigenvalue weighted by Gasteiger charge is -2.03. The van der Waals surface area contributed by atoms with Crippen molar-refractivity contribution >= 4 is 23.5 Å². The highest BCUT2D eigenvalue weighted by Gasteiger charge is 2.05. The molecule has 0 aromatic carbocycles. The first-order valence-electron chi connectivity index (χ1n) is 5.56. The molecule has 0 amide bonds. The molecule has 0 saturated heterocycles. The molecule has 2 heterocycles. The number of pyridine rings is 2. The van der Waals surface area contributed by atoms with Crippen molar-refractivity contribution in [2.45, 2.75) is 10.6 Å². The number of esters is 1. The summed E-state index contributed by atoms with van der Waals surface area (Å²) in [6.45, 7) is 0. The number of anilines is 1. The summed E-state index contributed by atoms with van der Waals surface area (Å²) in [6, 6.07) is 7.19. The standard InChI is InChI=1S/C13H13N3O2S/c1-18-13(17)9-2-3-10(15-6-9)8-19-11-4-5-12(14)16-7-11/h2-7H,8H2,1H3,(H2,14,16). The number of rotatable bonds is 4. The van der Waals surface area contributed by atoms with Crippen LogP contribution >= 0.6 is 11.8 Å². The molecule has 2 aromatic rings. The van der Waals surface area contributed by atoms with Crippen LogP contribution in [0.5, 0.6) is 0 Å². The van der Waals surface area contributed by atoms with E-state index in [1.54, 1.807) is 30.1 Å². The van der Waals surface area contributed by atoms with Crippen LogP contribution in [0.1, 0.15) is 16.1 Å². The molecule has 0 aliphatic rings. The Kier molecular flexibility index (Phi) is 4.35. The van der Waals surface area contributed by atoms with Crippen molar-refractivity contribution in [2.24, 2.45) is 0 Å². The fourth-order valence-corrected chi connectivity index (χ4v) is 2.16.